The number of hydrogen-bond donors (Lipinski definition) is 1. The van der Waals surface area contributed by atoms with Crippen LogP contribution in [0, 0.1) is 0 Å². The quantitative estimate of drug-likeness (QED) is 0.670. The first-order valence-electron chi connectivity index (χ1n) is 9.70. The van der Waals surface area contributed by atoms with Crippen LogP contribution in [0.15, 0.2) is 78.9 Å². The van der Waals surface area contributed by atoms with E-state index in [0.717, 1.165) is 17.5 Å². The smallest absolute Gasteiger partial charge is 0.250 e. The lowest BCUT2D eigenvalue weighted by atomic mass is 10.0. The van der Waals surface area contributed by atoms with Gasteiger partial charge >= 0.3 is 0 Å². The molecule has 0 fully saturated rings. The van der Waals surface area contributed by atoms with E-state index in [1.54, 1.807) is 12.1 Å². The van der Waals surface area contributed by atoms with Gasteiger partial charge in [0.25, 0.3) is 0 Å². The van der Waals surface area contributed by atoms with E-state index in [1.807, 2.05) is 66.7 Å². The van der Waals surface area contributed by atoms with Crippen LogP contribution >= 0.6 is 0 Å². The van der Waals surface area contributed by atoms with Crippen molar-refractivity contribution in [3.8, 4) is 11.5 Å². The fourth-order valence-corrected chi connectivity index (χ4v) is 3.24. The Morgan fingerprint density at radius 2 is 1.48 bits per heavy atom. The van der Waals surface area contributed by atoms with Crippen molar-refractivity contribution in [2.24, 2.45) is 0 Å². The third-order valence-corrected chi connectivity index (χ3v) is 4.62. The van der Waals surface area contributed by atoms with Crippen molar-refractivity contribution in [2.45, 2.75) is 12.5 Å². The third-order valence-electron chi connectivity index (χ3n) is 4.62. The van der Waals surface area contributed by atoms with Crippen LogP contribution in [-0.4, -0.2) is 25.7 Å². The summed E-state index contributed by atoms with van der Waals surface area (Å²) < 4.78 is 17.3. The van der Waals surface area contributed by atoms with Gasteiger partial charge in [-0.2, -0.15) is 0 Å². The molecule has 1 aliphatic rings. The lowest BCUT2D eigenvalue weighted by molar-refractivity contribution is -0.121. The molecule has 1 N–H and O–H groups in total. The summed E-state index contributed by atoms with van der Waals surface area (Å²) in [6, 6.07) is 25.2. The van der Waals surface area contributed by atoms with E-state index >= 15 is 0 Å². The van der Waals surface area contributed by atoms with Gasteiger partial charge in [0, 0.05) is 18.2 Å². The highest BCUT2D eigenvalue weighted by molar-refractivity contribution is 5.92. The summed E-state index contributed by atoms with van der Waals surface area (Å²) >= 11 is 0. The average Bonchev–Trinajstić information content (AvgIpc) is 3.00. The SMILES string of the molecule is O=C(COC(c1ccccc1)c1ccccc1)Nc1ccc2c(c1)OCCCO2. The zero-order chi connectivity index (χ0) is 19.9. The minimum atomic E-state index is -0.313. The van der Waals surface area contributed by atoms with Gasteiger partial charge in [-0.25, -0.2) is 0 Å². The molecule has 1 amide bonds. The van der Waals surface area contributed by atoms with Crippen LogP contribution in [0.2, 0.25) is 0 Å². The highest BCUT2D eigenvalue weighted by atomic mass is 16.5. The molecule has 0 aromatic heterocycles. The van der Waals surface area contributed by atoms with E-state index in [2.05, 4.69) is 5.32 Å². The van der Waals surface area contributed by atoms with Gasteiger partial charge in [0.2, 0.25) is 5.91 Å². The number of carbonyl (C=O) groups is 1. The van der Waals surface area contributed by atoms with Gasteiger partial charge in [-0.3, -0.25) is 4.79 Å². The first kappa shape index (κ1) is 19.0. The molecule has 0 radical (unpaired) electrons. The van der Waals surface area contributed by atoms with Crippen LogP contribution < -0.4 is 14.8 Å². The Hall–Kier alpha value is -3.31. The van der Waals surface area contributed by atoms with E-state index in [0.29, 0.717) is 30.4 Å². The van der Waals surface area contributed by atoms with Crippen molar-refractivity contribution in [1.82, 2.24) is 0 Å². The number of fused-ring (bicyclic) bond motifs is 1. The molecule has 0 aliphatic carbocycles. The molecule has 0 saturated heterocycles. The lowest BCUT2D eigenvalue weighted by Crippen LogP contribution is -2.20. The van der Waals surface area contributed by atoms with E-state index in [4.69, 9.17) is 14.2 Å². The normalized spacial score (nSPS) is 13.0. The Labute approximate surface area is 170 Å². The van der Waals surface area contributed by atoms with Crippen LogP contribution in [0.4, 0.5) is 5.69 Å². The molecule has 3 aromatic carbocycles. The maximum atomic E-state index is 12.5. The second-order valence-corrected chi connectivity index (χ2v) is 6.77. The Morgan fingerprint density at radius 3 is 2.14 bits per heavy atom. The van der Waals surface area contributed by atoms with Crippen LogP contribution in [-0.2, 0) is 9.53 Å². The number of nitrogens with one attached hydrogen (secondary N) is 1. The number of carbonyl (C=O) groups excluding carboxylic acids is 1. The Bertz CT molecular complexity index is 904. The number of rotatable bonds is 6. The summed E-state index contributed by atoms with van der Waals surface area (Å²) in [5, 5.41) is 2.87. The van der Waals surface area contributed by atoms with Gasteiger partial charge in [-0.1, -0.05) is 60.7 Å². The van der Waals surface area contributed by atoms with Gasteiger partial charge in [-0.15, -0.1) is 0 Å². The van der Waals surface area contributed by atoms with Gasteiger partial charge in [0.05, 0.1) is 13.2 Å². The van der Waals surface area contributed by atoms with E-state index in [9.17, 15) is 4.79 Å². The third kappa shape index (κ3) is 4.95. The topological polar surface area (TPSA) is 56.8 Å². The highest BCUT2D eigenvalue weighted by Gasteiger charge is 2.17. The first-order valence-corrected chi connectivity index (χ1v) is 9.70. The van der Waals surface area contributed by atoms with Gasteiger partial charge in [0.1, 0.15) is 12.7 Å². The number of benzene rings is 3. The van der Waals surface area contributed by atoms with Crippen LogP contribution in [0.1, 0.15) is 23.7 Å². The minimum Gasteiger partial charge on any atom is -0.490 e. The molecule has 29 heavy (non-hydrogen) atoms. The fourth-order valence-electron chi connectivity index (χ4n) is 3.24. The molecular weight excluding hydrogens is 366 g/mol. The van der Waals surface area contributed by atoms with E-state index < -0.39 is 0 Å². The summed E-state index contributed by atoms with van der Waals surface area (Å²) in [5.41, 5.74) is 2.66. The number of anilines is 1. The van der Waals surface area contributed by atoms with Crippen molar-refractivity contribution in [3.63, 3.8) is 0 Å². The predicted molar refractivity (Wildman–Crippen MR) is 111 cm³/mol. The molecule has 1 aliphatic heterocycles. The molecule has 1 heterocycles. The van der Waals surface area contributed by atoms with E-state index in [1.165, 1.54) is 0 Å². The maximum Gasteiger partial charge on any atom is 0.250 e. The molecule has 148 valence electrons. The molecule has 5 nitrogen and oxygen atoms in total. The van der Waals surface area contributed by atoms with Gasteiger partial charge in [0.15, 0.2) is 11.5 Å². The monoisotopic (exact) mass is 389 g/mol. The van der Waals surface area contributed by atoms with Crippen molar-refractivity contribution in [1.29, 1.82) is 0 Å². The second-order valence-electron chi connectivity index (χ2n) is 6.77. The maximum absolute atomic E-state index is 12.5. The molecule has 0 atom stereocenters. The molecule has 3 aromatic rings. The van der Waals surface area contributed by atoms with E-state index in [-0.39, 0.29) is 18.6 Å². The molecule has 0 saturated carbocycles. The zero-order valence-electron chi connectivity index (χ0n) is 16.0. The van der Waals surface area contributed by atoms with Crippen LogP contribution in [0.5, 0.6) is 11.5 Å². The standard InChI is InChI=1S/C24H23NO4/c26-23(25-20-12-13-21-22(16-20)28-15-7-14-27-21)17-29-24(18-8-3-1-4-9-18)19-10-5-2-6-11-19/h1-6,8-13,16,24H,7,14-15,17H2,(H,25,26). The van der Waals surface area contributed by atoms with Crippen LogP contribution in [0.3, 0.4) is 0 Å². The molecule has 4 rings (SSSR count). The second kappa shape index (κ2) is 9.26. The minimum absolute atomic E-state index is 0.0666. The number of amides is 1. The van der Waals surface area contributed by atoms with Gasteiger partial charge < -0.3 is 19.5 Å². The Morgan fingerprint density at radius 1 is 0.862 bits per heavy atom. The Balaban J connectivity index is 1.43. The Kier molecular flexibility index (Phi) is 6.07. The molecule has 0 spiro atoms. The summed E-state index contributed by atoms with van der Waals surface area (Å²) in [4.78, 5) is 12.5. The summed E-state index contributed by atoms with van der Waals surface area (Å²) in [7, 11) is 0. The van der Waals surface area contributed by atoms with Crippen LogP contribution in [0.25, 0.3) is 0 Å². The average molecular weight is 389 g/mol. The van der Waals surface area contributed by atoms with Gasteiger partial charge in [-0.05, 0) is 23.3 Å². The zero-order valence-corrected chi connectivity index (χ0v) is 16.0. The van der Waals surface area contributed by atoms with Crippen molar-refractivity contribution >= 4 is 11.6 Å². The summed E-state index contributed by atoms with van der Waals surface area (Å²) in [6.45, 7) is 1.17. The first-order chi connectivity index (χ1) is 14.3. The number of ether oxygens (including phenoxy) is 3. The number of hydrogen-bond acceptors (Lipinski definition) is 4. The molecule has 5 heteroatoms. The summed E-state index contributed by atoms with van der Waals surface area (Å²) in [5.74, 6) is 1.12. The fraction of sp³-hybridized carbons (Fsp3) is 0.208. The predicted octanol–water partition coefficient (Wildman–Crippen LogP) is 4.59. The lowest BCUT2D eigenvalue weighted by Gasteiger charge is -2.19. The summed E-state index contributed by atoms with van der Waals surface area (Å²) in [6.07, 6.45) is 0.525. The largest absolute Gasteiger partial charge is 0.490 e. The molecule has 0 bridgehead atoms. The molecular formula is C24H23NO4. The molecule has 0 unspecified atom stereocenters. The van der Waals surface area contributed by atoms with Crippen molar-refractivity contribution in [2.75, 3.05) is 25.1 Å². The van der Waals surface area contributed by atoms with Crippen molar-refractivity contribution < 1.29 is 19.0 Å². The highest BCUT2D eigenvalue weighted by Crippen LogP contribution is 2.32. The van der Waals surface area contributed by atoms with Crippen molar-refractivity contribution in [3.05, 3.63) is 90.0 Å².